The van der Waals surface area contributed by atoms with Gasteiger partial charge in [0, 0.05) is 34.1 Å². The molecule has 118 valence electrons. The van der Waals surface area contributed by atoms with Crippen LogP contribution in [0.2, 0.25) is 0 Å². The van der Waals surface area contributed by atoms with Gasteiger partial charge in [0.2, 0.25) is 11.8 Å². The van der Waals surface area contributed by atoms with Gasteiger partial charge in [0.25, 0.3) is 0 Å². The molecular weight excluding hydrogens is 360 g/mol. The van der Waals surface area contributed by atoms with Crippen molar-refractivity contribution in [1.82, 2.24) is 0 Å². The SMILES string of the molecule is NC(=O)c1ccc(NC(=O)CCC(=O)c2ccc(Br)cc2)cc1. The average Bonchev–Trinajstić information content (AvgIpc) is 2.54. The number of nitrogens with one attached hydrogen (secondary N) is 1. The van der Waals surface area contributed by atoms with Crippen molar-refractivity contribution in [3.8, 4) is 0 Å². The van der Waals surface area contributed by atoms with Crippen LogP contribution in [0.4, 0.5) is 5.69 Å². The fourth-order valence-electron chi connectivity index (χ4n) is 1.95. The third-order valence-corrected chi connectivity index (χ3v) is 3.73. The molecule has 0 aliphatic heterocycles. The molecule has 0 atom stereocenters. The number of benzene rings is 2. The van der Waals surface area contributed by atoms with Crippen molar-refractivity contribution in [1.29, 1.82) is 0 Å². The van der Waals surface area contributed by atoms with Gasteiger partial charge >= 0.3 is 0 Å². The van der Waals surface area contributed by atoms with E-state index in [0.29, 0.717) is 16.8 Å². The standard InChI is InChI=1S/C17H15BrN2O3/c18-13-5-1-11(2-6-13)15(21)9-10-16(22)20-14-7-3-12(4-8-14)17(19)23/h1-8H,9-10H2,(H2,19,23)(H,20,22). The molecule has 2 aromatic rings. The van der Waals surface area contributed by atoms with E-state index in [1.54, 1.807) is 36.4 Å². The van der Waals surface area contributed by atoms with Crippen molar-refractivity contribution in [2.75, 3.05) is 5.32 Å². The number of rotatable bonds is 6. The van der Waals surface area contributed by atoms with Gasteiger partial charge < -0.3 is 11.1 Å². The van der Waals surface area contributed by atoms with Gasteiger partial charge in [-0.1, -0.05) is 28.1 Å². The minimum Gasteiger partial charge on any atom is -0.366 e. The maximum Gasteiger partial charge on any atom is 0.248 e. The number of hydrogen-bond acceptors (Lipinski definition) is 3. The van der Waals surface area contributed by atoms with E-state index < -0.39 is 5.91 Å². The number of ketones is 1. The Morgan fingerprint density at radius 3 is 2.00 bits per heavy atom. The number of halogens is 1. The Morgan fingerprint density at radius 1 is 0.870 bits per heavy atom. The summed E-state index contributed by atoms with van der Waals surface area (Å²) in [5.74, 6) is -0.873. The largest absolute Gasteiger partial charge is 0.366 e. The normalized spacial score (nSPS) is 10.1. The first-order valence-electron chi connectivity index (χ1n) is 6.94. The number of carbonyl (C=O) groups excluding carboxylic acids is 3. The summed E-state index contributed by atoms with van der Waals surface area (Å²) in [6, 6.07) is 13.2. The van der Waals surface area contributed by atoms with E-state index >= 15 is 0 Å². The van der Waals surface area contributed by atoms with E-state index in [9.17, 15) is 14.4 Å². The molecule has 6 heteroatoms. The van der Waals surface area contributed by atoms with E-state index in [2.05, 4.69) is 21.2 Å². The van der Waals surface area contributed by atoms with Gasteiger partial charge in [-0.25, -0.2) is 0 Å². The van der Waals surface area contributed by atoms with Gasteiger partial charge in [-0.05, 0) is 36.4 Å². The number of carbonyl (C=O) groups is 3. The number of anilines is 1. The molecule has 0 radical (unpaired) electrons. The molecule has 0 spiro atoms. The van der Waals surface area contributed by atoms with Gasteiger partial charge in [-0.15, -0.1) is 0 Å². The summed E-state index contributed by atoms with van der Waals surface area (Å²) in [4.78, 5) is 34.8. The van der Waals surface area contributed by atoms with Crippen LogP contribution in [0.25, 0.3) is 0 Å². The van der Waals surface area contributed by atoms with Crippen molar-refractivity contribution in [2.24, 2.45) is 5.73 Å². The summed E-state index contributed by atoms with van der Waals surface area (Å²) in [7, 11) is 0. The minimum absolute atomic E-state index is 0.0864. The topological polar surface area (TPSA) is 89.3 Å². The van der Waals surface area contributed by atoms with E-state index in [1.807, 2.05) is 0 Å². The molecule has 5 nitrogen and oxygen atoms in total. The molecule has 0 saturated carbocycles. The second-order valence-corrected chi connectivity index (χ2v) is 5.84. The van der Waals surface area contributed by atoms with Gasteiger partial charge in [-0.3, -0.25) is 14.4 Å². The Hall–Kier alpha value is -2.47. The molecule has 23 heavy (non-hydrogen) atoms. The van der Waals surface area contributed by atoms with Crippen LogP contribution in [0.1, 0.15) is 33.6 Å². The molecule has 0 aliphatic carbocycles. The zero-order chi connectivity index (χ0) is 16.8. The molecule has 0 unspecified atom stereocenters. The molecule has 2 amide bonds. The fourth-order valence-corrected chi connectivity index (χ4v) is 2.21. The van der Waals surface area contributed by atoms with E-state index in [0.717, 1.165) is 4.47 Å². The first kappa shape index (κ1) is 16.9. The predicted octanol–water partition coefficient (Wildman–Crippen LogP) is 3.15. The van der Waals surface area contributed by atoms with Crippen molar-refractivity contribution >= 4 is 39.2 Å². The highest BCUT2D eigenvalue weighted by Crippen LogP contribution is 2.14. The van der Waals surface area contributed by atoms with Crippen LogP contribution in [-0.2, 0) is 4.79 Å². The quantitative estimate of drug-likeness (QED) is 0.761. The zero-order valence-corrected chi connectivity index (χ0v) is 13.8. The van der Waals surface area contributed by atoms with Crippen LogP contribution in [0.5, 0.6) is 0 Å². The monoisotopic (exact) mass is 374 g/mol. The van der Waals surface area contributed by atoms with Crippen LogP contribution < -0.4 is 11.1 Å². The van der Waals surface area contributed by atoms with Crippen molar-refractivity contribution < 1.29 is 14.4 Å². The van der Waals surface area contributed by atoms with Crippen molar-refractivity contribution in [3.05, 3.63) is 64.1 Å². The molecule has 3 N–H and O–H groups in total. The van der Waals surface area contributed by atoms with Gasteiger partial charge in [0.1, 0.15) is 0 Å². The maximum absolute atomic E-state index is 12.0. The Kier molecular flexibility index (Phi) is 5.65. The molecule has 0 aromatic heterocycles. The molecule has 0 saturated heterocycles. The number of Topliss-reactive ketones (excluding diaryl/α,β-unsaturated/α-hetero) is 1. The molecule has 0 aliphatic rings. The summed E-state index contributed by atoms with van der Waals surface area (Å²) >= 11 is 3.30. The second kappa shape index (κ2) is 7.69. The highest BCUT2D eigenvalue weighted by Gasteiger charge is 2.10. The predicted molar refractivity (Wildman–Crippen MR) is 91.3 cm³/mol. The number of hydrogen-bond donors (Lipinski definition) is 2. The Bertz CT molecular complexity index is 725. The van der Waals surface area contributed by atoms with Crippen LogP contribution in [0, 0.1) is 0 Å². The van der Waals surface area contributed by atoms with Crippen LogP contribution in [0.3, 0.4) is 0 Å². The lowest BCUT2D eigenvalue weighted by atomic mass is 10.1. The van der Waals surface area contributed by atoms with Crippen LogP contribution in [0.15, 0.2) is 53.0 Å². The molecular formula is C17H15BrN2O3. The lowest BCUT2D eigenvalue weighted by Gasteiger charge is -2.06. The summed E-state index contributed by atoms with van der Waals surface area (Å²) in [6.07, 6.45) is 0.222. The van der Waals surface area contributed by atoms with Gasteiger partial charge in [0.15, 0.2) is 5.78 Å². The summed E-state index contributed by atoms with van der Waals surface area (Å²) in [5.41, 5.74) is 6.64. The highest BCUT2D eigenvalue weighted by molar-refractivity contribution is 9.10. The molecule has 0 bridgehead atoms. The molecule has 0 heterocycles. The molecule has 2 rings (SSSR count). The second-order valence-electron chi connectivity index (χ2n) is 4.92. The fraction of sp³-hybridized carbons (Fsp3) is 0.118. The van der Waals surface area contributed by atoms with Crippen LogP contribution >= 0.6 is 15.9 Å². The van der Waals surface area contributed by atoms with Crippen molar-refractivity contribution in [3.63, 3.8) is 0 Å². The van der Waals surface area contributed by atoms with Gasteiger partial charge in [0.05, 0.1) is 0 Å². The Morgan fingerprint density at radius 2 is 1.43 bits per heavy atom. The van der Waals surface area contributed by atoms with Crippen LogP contribution in [-0.4, -0.2) is 17.6 Å². The summed E-state index contributed by atoms with van der Waals surface area (Å²) in [6.45, 7) is 0. The van der Waals surface area contributed by atoms with Crippen molar-refractivity contribution in [2.45, 2.75) is 12.8 Å². The van der Waals surface area contributed by atoms with E-state index in [-0.39, 0.29) is 24.5 Å². The van der Waals surface area contributed by atoms with E-state index in [4.69, 9.17) is 5.73 Å². The number of nitrogens with two attached hydrogens (primary N) is 1. The van der Waals surface area contributed by atoms with Gasteiger partial charge in [-0.2, -0.15) is 0 Å². The lowest BCUT2D eigenvalue weighted by Crippen LogP contribution is -2.14. The Labute approximate surface area is 142 Å². The smallest absolute Gasteiger partial charge is 0.248 e. The summed E-state index contributed by atoms with van der Waals surface area (Å²) in [5, 5.41) is 2.67. The summed E-state index contributed by atoms with van der Waals surface area (Å²) < 4.78 is 0.895. The highest BCUT2D eigenvalue weighted by atomic mass is 79.9. The lowest BCUT2D eigenvalue weighted by molar-refractivity contribution is -0.116. The number of amides is 2. The molecule has 2 aromatic carbocycles. The Balaban J connectivity index is 1.86. The first-order valence-corrected chi connectivity index (χ1v) is 7.73. The third kappa shape index (κ3) is 5.03. The first-order chi connectivity index (χ1) is 11.0. The maximum atomic E-state index is 12.0. The average molecular weight is 375 g/mol. The van der Waals surface area contributed by atoms with E-state index in [1.165, 1.54) is 12.1 Å². The zero-order valence-electron chi connectivity index (χ0n) is 12.2. The molecule has 0 fully saturated rings. The minimum atomic E-state index is -0.525. The third-order valence-electron chi connectivity index (χ3n) is 3.20. The number of primary amides is 1.